The topological polar surface area (TPSA) is 0 Å². The minimum Gasteiger partial charge on any atom is -0.135 e. The van der Waals surface area contributed by atoms with Gasteiger partial charge in [-0.15, -0.1) is 22.7 Å². The molecule has 13 aromatic rings. The van der Waals surface area contributed by atoms with Gasteiger partial charge in [-0.25, -0.2) is 0 Å². The normalized spacial score (nSPS) is 13.0. The van der Waals surface area contributed by atoms with Crippen LogP contribution in [0.4, 0.5) is 0 Å². The lowest BCUT2D eigenvalue weighted by Gasteiger charge is -2.35. The highest BCUT2D eigenvalue weighted by Crippen LogP contribution is 2.60. The van der Waals surface area contributed by atoms with Crippen molar-refractivity contribution in [1.82, 2.24) is 0 Å². The summed E-state index contributed by atoms with van der Waals surface area (Å²) in [5, 5.41) is 10.3. The van der Waals surface area contributed by atoms with Gasteiger partial charge in [-0.1, -0.05) is 200 Å². The molecule has 2 heteroatoms. The van der Waals surface area contributed by atoms with Crippen LogP contribution in [0.25, 0.3) is 106 Å². The first-order valence-corrected chi connectivity index (χ1v) is 24.1. The predicted molar refractivity (Wildman–Crippen MR) is 281 cm³/mol. The Morgan fingerprint density at radius 2 is 0.662 bits per heavy atom. The molecule has 1 aliphatic carbocycles. The van der Waals surface area contributed by atoms with Gasteiger partial charge in [0, 0.05) is 40.3 Å². The third kappa shape index (κ3) is 5.18. The number of thiophene rings is 2. The Kier molecular flexibility index (Phi) is 8.04. The van der Waals surface area contributed by atoms with E-state index in [0.717, 1.165) is 0 Å². The number of hydrogen-bond acceptors (Lipinski definition) is 2. The molecule has 0 radical (unpaired) electrons. The third-order valence-corrected chi connectivity index (χ3v) is 16.4. The second-order valence-electron chi connectivity index (χ2n) is 17.4. The molecule has 2 aromatic heterocycles. The maximum absolute atomic E-state index is 2.53. The van der Waals surface area contributed by atoms with E-state index in [9.17, 15) is 0 Å². The Bertz CT molecular complexity index is 3850. The van der Waals surface area contributed by atoms with Crippen molar-refractivity contribution in [3.8, 4) is 44.5 Å². The Labute approximate surface area is 385 Å². The molecule has 2 heterocycles. The Morgan fingerprint density at radius 1 is 0.262 bits per heavy atom. The van der Waals surface area contributed by atoms with Crippen molar-refractivity contribution >= 4 is 84.6 Å². The average Bonchev–Trinajstić information content (AvgIpc) is 4.05. The van der Waals surface area contributed by atoms with Crippen LogP contribution in [0.3, 0.4) is 0 Å². The maximum atomic E-state index is 2.53. The number of hydrogen-bond donors (Lipinski definition) is 0. The highest BCUT2D eigenvalue weighted by Gasteiger charge is 2.47. The number of fused-ring (bicyclic) bond motifs is 11. The molecule has 14 rings (SSSR count). The molecule has 0 saturated carbocycles. The molecule has 0 fully saturated rings. The van der Waals surface area contributed by atoms with E-state index in [0.29, 0.717) is 0 Å². The zero-order valence-corrected chi connectivity index (χ0v) is 36.9. The molecule has 302 valence electrons. The van der Waals surface area contributed by atoms with Crippen molar-refractivity contribution < 1.29 is 0 Å². The van der Waals surface area contributed by atoms with Crippen LogP contribution in [-0.4, -0.2) is 0 Å². The molecule has 0 N–H and O–H groups in total. The van der Waals surface area contributed by atoms with E-state index in [2.05, 4.69) is 231 Å². The van der Waals surface area contributed by atoms with Gasteiger partial charge in [0.2, 0.25) is 0 Å². The van der Waals surface area contributed by atoms with E-state index in [1.54, 1.807) is 0 Å². The second kappa shape index (κ2) is 14.2. The number of benzene rings is 11. The predicted octanol–water partition coefficient (Wildman–Crippen LogP) is 18.1. The van der Waals surface area contributed by atoms with Crippen LogP contribution >= 0.6 is 22.7 Å². The van der Waals surface area contributed by atoms with Crippen LogP contribution < -0.4 is 0 Å². The Morgan fingerprint density at radius 3 is 1.25 bits per heavy atom. The molecule has 0 nitrogen and oxygen atoms in total. The van der Waals surface area contributed by atoms with Gasteiger partial charge in [-0.2, -0.15) is 0 Å². The third-order valence-electron chi connectivity index (χ3n) is 14.2. The second-order valence-corrected chi connectivity index (χ2v) is 19.5. The van der Waals surface area contributed by atoms with Crippen molar-refractivity contribution in [2.75, 3.05) is 0 Å². The van der Waals surface area contributed by atoms with E-state index in [-0.39, 0.29) is 0 Å². The van der Waals surface area contributed by atoms with Crippen molar-refractivity contribution in [2.45, 2.75) is 5.41 Å². The lowest BCUT2D eigenvalue weighted by molar-refractivity contribution is 0.770. The van der Waals surface area contributed by atoms with E-state index >= 15 is 0 Å². The molecular weight excluding hydrogens is 821 g/mol. The summed E-state index contributed by atoms with van der Waals surface area (Å²) in [5.74, 6) is 0. The lowest BCUT2D eigenvalue weighted by atomic mass is 9.65. The van der Waals surface area contributed by atoms with E-state index in [1.165, 1.54) is 129 Å². The first kappa shape index (κ1) is 36.8. The molecule has 0 spiro atoms. The van der Waals surface area contributed by atoms with Gasteiger partial charge < -0.3 is 0 Å². The molecule has 0 saturated heterocycles. The minimum atomic E-state index is -0.572. The summed E-state index contributed by atoms with van der Waals surface area (Å²) >= 11 is 3.77. The lowest BCUT2D eigenvalue weighted by Crippen LogP contribution is -2.29. The largest absolute Gasteiger partial charge is 0.135 e. The van der Waals surface area contributed by atoms with Crippen molar-refractivity contribution in [3.63, 3.8) is 0 Å². The highest BCUT2D eigenvalue weighted by molar-refractivity contribution is 7.26. The first-order valence-electron chi connectivity index (χ1n) is 22.4. The van der Waals surface area contributed by atoms with Gasteiger partial charge in [0.25, 0.3) is 0 Å². The molecule has 1 aliphatic rings. The minimum absolute atomic E-state index is 0.572. The summed E-state index contributed by atoms with van der Waals surface area (Å²) < 4.78 is 5.26. The summed E-state index contributed by atoms with van der Waals surface area (Å²) in [6.07, 6.45) is 0. The fraction of sp³-hybridized carbons (Fsp3) is 0.0159. The molecule has 0 atom stereocenters. The quantitative estimate of drug-likeness (QED) is 0.151. The van der Waals surface area contributed by atoms with Gasteiger partial charge in [-0.05, 0) is 119 Å². The Balaban J connectivity index is 1.17. The zero-order chi connectivity index (χ0) is 42.6. The van der Waals surface area contributed by atoms with Crippen LogP contribution in [0, 0.1) is 0 Å². The molecule has 65 heavy (non-hydrogen) atoms. The molecular formula is C63H38S2. The van der Waals surface area contributed by atoms with E-state index < -0.39 is 5.41 Å². The van der Waals surface area contributed by atoms with Crippen molar-refractivity contribution in [1.29, 1.82) is 0 Å². The van der Waals surface area contributed by atoms with Gasteiger partial charge in [0.15, 0.2) is 0 Å². The summed E-state index contributed by atoms with van der Waals surface area (Å²) in [4.78, 5) is 0. The van der Waals surface area contributed by atoms with Gasteiger partial charge in [-0.3, -0.25) is 0 Å². The fourth-order valence-corrected chi connectivity index (χ4v) is 13.9. The monoisotopic (exact) mass is 858 g/mol. The fourth-order valence-electron chi connectivity index (χ4n) is 11.6. The van der Waals surface area contributed by atoms with E-state index in [4.69, 9.17) is 0 Å². The maximum Gasteiger partial charge on any atom is 0.0719 e. The highest BCUT2D eigenvalue weighted by atomic mass is 32.1. The summed E-state index contributed by atoms with van der Waals surface area (Å²) in [5.41, 5.74) is 14.8. The van der Waals surface area contributed by atoms with Crippen LogP contribution in [0.5, 0.6) is 0 Å². The van der Waals surface area contributed by atoms with Crippen LogP contribution in [0.15, 0.2) is 231 Å². The van der Waals surface area contributed by atoms with Gasteiger partial charge in [0.1, 0.15) is 0 Å². The van der Waals surface area contributed by atoms with Crippen LogP contribution in [0.2, 0.25) is 0 Å². The van der Waals surface area contributed by atoms with Gasteiger partial charge in [0.05, 0.1) is 5.41 Å². The van der Waals surface area contributed by atoms with Crippen molar-refractivity contribution in [3.05, 3.63) is 253 Å². The zero-order valence-electron chi connectivity index (χ0n) is 35.3. The average molecular weight is 859 g/mol. The molecule has 0 amide bonds. The number of rotatable bonds is 5. The summed E-state index contributed by atoms with van der Waals surface area (Å²) in [6, 6.07) is 86.8. The van der Waals surface area contributed by atoms with E-state index in [1.807, 2.05) is 22.7 Å². The molecule has 0 aliphatic heterocycles. The SMILES string of the molecule is c1ccc(C2(c3ccccc3)c3ccccc3-c3cccc(-c4c5cccc(-c6cccc7sc8ccccc8c67)c5cc5c(-c6cccc7sc8ccccc8c67)cccc45)c32)cc1. The van der Waals surface area contributed by atoms with Crippen molar-refractivity contribution in [2.24, 2.45) is 0 Å². The molecule has 11 aromatic carbocycles. The summed E-state index contributed by atoms with van der Waals surface area (Å²) in [6.45, 7) is 0. The molecule has 0 bridgehead atoms. The summed E-state index contributed by atoms with van der Waals surface area (Å²) in [7, 11) is 0. The van der Waals surface area contributed by atoms with Crippen LogP contribution in [0.1, 0.15) is 22.3 Å². The Hall–Kier alpha value is -7.62. The smallest absolute Gasteiger partial charge is 0.0719 e. The molecule has 0 unspecified atom stereocenters. The van der Waals surface area contributed by atoms with Gasteiger partial charge >= 0.3 is 0 Å². The first-order chi connectivity index (χ1) is 32.3. The standard InChI is InChI=1S/C63H38S2/c1-3-18-39(19-4-1)63(40-20-5-2-6-21-40)54-33-10-7-22-43(54)48-31-15-32-51(62(48)63)59-46-27-13-25-41(44-29-16-36-57-60(44)49-23-8-11-34-55(49)64-57)52(46)38-53-42(26-14-28-47(53)59)45-30-17-37-58-61(45)50-24-9-12-35-56(50)65-58/h1-38H. The van der Waals surface area contributed by atoms with Crippen LogP contribution in [-0.2, 0) is 5.41 Å².